The van der Waals surface area contributed by atoms with E-state index in [2.05, 4.69) is 10.6 Å². The largest absolute Gasteiger partial charge is 0.376 e. The maximum atomic E-state index is 11.9. The van der Waals surface area contributed by atoms with E-state index in [9.17, 15) is 4.79 Å². The monoisotopic (exact) mass is 260 g/mol. The maximum Gasteiger partial charge on any atom is 0.239 e. The summed E-state index contributed by atoms with van der Waals surface area (Å²) in [5.41, 5.74) is 2.21. The Kier molecular flexibility index (Phi) is 5.25. The molecule has 3 nitrogen and oxygen atoms in total. The van der Waals surface area contributed by atoms with Crippen LogP contribution in [0.2, 0.25) is 0 Å². The zero-order chi connectivity index (χ0) is 13.5. The fraction of sp³-hybridized carbons (Fsp3) is 0.562. The molecule has 1 aromatic carbocycles. The van der Waals surface area contributed by atoms with Crippen LogP contribution in [-0.4, -0.2) is 18.5 Å². The van der Waals surface area contributed by atoms with Crippen LogP contribution in [0.25, 0.3) is 0 Å². The van der Waals surface area contributed by atoms with E-state index >= 15 is 0 Å². The molecule has 0 bridgehead atoms. The van der Waals surface area contributed by atoms with Gasteiger partial charge in [-0.1, -0.05) is 43.9 Å². The fourth-order valence-electron chi connectivity index (χ4n) is 2.65. The number of rotatable bonds is 4. The third-order valence-electron chi connectivity index (χ3n) is 3.80. The topological polar surface area (TPSA) is 41.1 Å². The Labute approximate surface area is 115 Å². The SMILES string of the molecule is Cc1ccccc1NCC(=O)NC1CCCCCC1. The second-order valence-corrected chi connectivity index (χ2v) is 5.42. The zero-order valence-electron chi connectivity index (χ0n) is 11.7. The summed E-state index contributed by atoms with van der Waals surface area (Å²) in [6, 6.07) is 8.43. The van der Waals surface area contributed by atoms with Gasteiger partial charge in [0.05, 0.1) is 6.54 Å². The highest BCUT2D eigenvalue weighted by molar-refractivity contribution is 5.81. The standard InChI is InChI=1S/C16H24N2O/c1-13-8-6-7-11-15(13)17-12-16(19)18-14-9-4-2-3-5-10-14/h6-8,11,14,17H,2-5,9-10,12H2,1H3,(H,18,19). The highest BCUT2D eigenvalue weighted by Crippen LogP contribution is 2.17. The summed E-state index contributed by atoms with van der Waals surface area (Å²) in [4.78, 5) is 11.9. The molecule has 1 aliphatic rings. The number of amides is 1. The first kappa shape index (κ1) is 13.9. The Hall–Kier alpha value is -1.51. The quantitative estimate of drug-likeness (QED) is 0.816. The molecule has 0 unspecified atom stereocenters. The number of para-hydroxylation sites is 1. The highest BCUT2D eigenvalue weighted by Gasteiger charge is 2.14. The molecule has 2 N–H and O–H groups in total. The molecule has 1 amide bonds. The number of aryl methyl sites for hydroxylation is 1. The number of hydrogen-bond donors (Lipinski definition) is 2. The third-order valence-corrected chi connectivity index (χ3v) is 3.80. The average molecular weight is 260 g/mol. The predicted octanol–water partition coefficient (Wildman–Crippen LogP) is 3.25. The van der Waals surface area contributed by atoms with Crippen molar-refractivity contribution < 1.29 is 4.79 Å². The van der Waals surface area contributed by atoms with Gasteiger partial charge in [-0.25, -0.2) is 0 Å². The molecule has 0 aliphatic heterocycles. The Morgan fingerprint density at radius 1 is 1.16 bits per heavy atom. The van der Waals surface area contributed by atoms with E-state index < -0.39 is 0 Å². The number of benzene rings is 1. The number of carbonyl (C=O) groups is 1. The molecule has 1 aromatic rings. The molecule has 19 heavy (non-hydrogen) atoms. The molecular formula is C16H24N2O. The summed E-state index contributed by atoms with van der Waals surface area (Å²) in [6.45, 7) is 2.41. The van der Waals surface area contributed by atoms with Crippen molar-refractivity contribution in [1.82, 2.24) is 5.32 Å². The molecular weight excluding hydrogens is 236 g/mol. The van der Waals surface area contributed by atoms with Gasteiger partial charge in [-0.05, 0) is 31.4 Å². The number of carbonyl (C=O) groups excluding carboxylic acids is 1. The van der Waals surface area contributed by atoms with Gasteiger partial charge >= 0.3 is 0 Å². The lowest BCUT2D eigenvalue weighted by Crippen LogP contribution is -2.38. The van der Waals surface area contributed by atoms with Crippen LogP contribution in [0.15, 0.2) is 24.3 Å². The van der Waals surface area contributed by atoms with E-state index in [-0.39, 0.29) is 5.91 Å². The van der Waals surface area contributed by atoms with Gasteiger partial charge in [-0.2, -0.15) is 0 Å². The van der Waals surface area contributed by atoms with Gasteiger partial charge in [-0.15, -0.1) is 0 Å². The maximum absolute atomic E-state index is 11.9. The van der Waals surface area contributed by atoms with Crippen molar-refractivity contribution in [2.75, 3.05) is 11.9 Å². The van der Waals surface area contributed by atoms with E-state index in [1.54, 1.807) is 0 Å². The lowest BCUT2D eigenvalue weighted by molar-refractivity contribution is -0.120. The van der Waals surface area contributed by atoms with Crippen LogP contribution in [-0.2, 0) is 4.79 Å². The normalized spacial score (nSPS) is 16.7. The minimum Gasteiger partial charge on any atom is -0.376 e. The molecule has 0 saturated heterocycles. The van der Waals surface area contributed by atoms with Crippen molar-refractivity contribution in [3.05, 3.63) is 29.8 Å². The molecule has 3 heteroatoms. The van der Waals surface area contributed by atoms with Gasteiger partial charge < -0.3 is 10.6 Å². The van der Waals surface area contributed by atoms with Crippen LogP contribution in [0.3, 0.4) is 0 Å². The molecule has 1 aliphatic carbocycles. The van der Waals surface area contributed by atoms with Crippen LogP contribution in [0.5, 0.6) is 0 Å². The highest BCUT2D eigenvalue weighted by atomic mass is 16.1. The van der Waals surface area contributed by atoms with Crippen LogP contribution >= 0.6 is 0 Å². The first-order valence-corrected chi connectivity index (χ1v) is 7.34. The summed E-state index contributed by atoms with van der Waals surface area (Å²) < 4.78 is 0. The molecule has 0 radical (unpaired) electrons. The average Bonchev–Trinajstić information content (AvgIpc) is 2.66. The minimum atomic E-state index is 0.107. The number of hydrogen-bond acceptors (Lipinski definition) is 2. The van der Waals surface area contributed by atoms with Gasteiger partial charge in [0.2, 0.25) is 5.91 Å². The Morgan fingerprint density at radius 3 is 2.53 bits per heavy atom. The van der Waals surface area contributed by atoms with E-state index in [0.717, 1.165) is 18.5 Å². The van der Waals surface area contributed by atoms with Crippen molar-refractivity contribution in [3.63, 3.8) is 0 Å². The summed E-state index contributed by atoms with van der Waals surface area (Å²) in [5, 5.41) is 6.35. The summed E-state index contributed by atoms with van der Waals surface area (Å²) >= 11 is 0. The molecule has 0 atom stereocenters. The molecule has 0 heterocycles. The Balaban J connectivity index is 1.76. The number of nitrogens with one attached hydrogen (secondary N) is 2. The summed E-state index contributed by atoms with van der Waals surface area (Å²) in [7, 11) is 0. The summed E-state index contributed by atoms with van der Waals surface area (Å²) in [6.07, 6.45) is 7.39. The smallest absolute Gasteiger partial charge is 0.239 e. The number of anilines is 1. The van der Waals surface area contributed by atoms with Gasteiger partial charge in [-0.3, -0.25) is 4.79 Å². The molecule has 2 rings (SSSR count). The van der Waals surface area contributed by atoms with Gasteiger partial charge in [0, 0.05) is 11.7 Å². The van der Waals surface area contributed by atoms with Gasteiger partial charge in [0.1, 0.15) is 0 Å². The molecule has 1 saturated carbocycles. The van der Waals surface area contributed by atoms with E-state index in [1.165, 1.54) is 31.2 Å². The minimum absolute atomic E-state index is 0.107. The second kappa shape index (κ2) is 7.17. The van der Waals surface area contributed by atoms with Crippen molar-refractivity contribution in [2.45, 2.75) is 51.5 Å². The van der Waals surface area contributed by atoms with Crippen molar-refractivity contribution in [1.29, 1.82) is 0 Å². The van der Waals surface area contributed by atoms with Crippen molar-refractivity contribution >= 4 is 11.6 Å². The Morgan fingerprint density at radius 2 is 1.84 bits per heavy atom. The van der Waals surface area contributed by atoms with Crippen LogP contribution < -0.4 is 10.6 Å². The molecule has 0 aromatic heterocycles. The van der Waals surface area contributed by atoms with Gasteiger partial charge in [0.15, 0.2) is 0 Å². The molecule has 0 spiro atoms. The van der Waals surface area contributed by atoms with Crippen LogP contribution in [0, 0.1) is 6.92 Å². The predicted molar refractivity (Wildman–Crippen MR) is 79.3 cm³/mol. The lowest BCUT2D eigenvalue weighted by atomic mass is 10.1. The zero-order valence-corrected chi connectivity index (χ0v) is 11.7. The van der Waals surface area contributed by atoms with Crippen molar-refractivity contribution in [2.24, 2.45) is 0 Å². The van der Waals surface area contributed by atoms with Crippen molar-refractivity contribution in [3.8, 4) is 0 Å². The van der Waals surface area contributed by atoms with Gasteiger partial charge in [0.25, 0.3) is 0 Å². The van der Waals surface area contributed by atoms with Crippen LogP contribution in [0.4, 0.5) is 5.69 Å². The lowest BCUT2D eigenvalue weighted by Gasteiger charge is -2.17. The summed E-state index contributed by atoms with van der Waals surface area (Å²) in [5.74, 6) is 0.107. The van der Waals surface area contributed by atoms with Crippen LogP contribution in [0.1, 0.15) is 44.1 Å². The first-order chi connectivity index (χ1) is 9.25. The second-order valence-electron chi connectivity index (χ2n) is 5.42. The Bertz CT molecular complexity index is 409. The third kappa shape index (κ3) is 4.58. The molecule has 1 fully saturated rings. The fourth-order valence-corrected chi connectivity index (χ4v) is 2.65. The molecule has 104 valence electrons. The van der Waals surface area contributed by atoms with E-state index in [1.807, 2.05) is 31.2 Å². The first-order valence-electron chi connectivity index (χ1n) is 7.34. The van der Waals surface area contributed by atoms with E-state index in [4.69, 9.17) is 0 Å². The van der Waals surface area contributed by atoms with E-state index in [0.29, 0.717) is 12.6 Å².